The fraction of sp³-hybridized carbons (Fsp3) is 0.733. The molecule has 2 rings (SSSR count). The van der Waals surface area contributed by atoms with Gasteiger partial charge in [0.2, 0.25) is 0 Å². The van der Waals surface area contributed by atoms with Gasteiger partial charge >= 0.3 is 6.03 Å². The molecule has 0 spiro atoms. The van der Waals surface area contributed by atoms with E-state index in [1.807, 2.05) is 12.3 Å². The normalized spacial score (nSPS) is 18.7. The fourth-order valence-electron chi connectivity index (χ4n) is 2.56. The first kappa shape index (κ1) is 17.2. The molecular weight excluding hydrogens is 300 g/mol. The number of carbonyl (C=O) groups is 1. The van der Waals surface area contributed by atoms with Crippen LogP contribution in [0.25, 0.3) is 0 Å². The van der Waals surface area contributed by atoms with Crippen molar-refractivity contribution >= 4 is 17.4 Å². The van der Waals surface area contributed by atoms with Gasteiger partial charge in [-0.3, -0.25) is 4.90 Å². The van der Waals surface area contributed by atoms with Gasteiger partial charge in [-0.2, -0.15) is 0 Å². The number of aryl methyl sites for hydroxylation is 1. The van der Waals surface area contributed by atoms with Crippen LogP contribution in [0.3, 0.4) is 0 Å². The number of ether oxygens (including phenoxy) is 1. The highest BCUT2D eigenvalue weighted by atomic mass is 32.1. The molecule has 1 atom stereocenters. The van der Waals surface area contributed by atoms with Crippen molar-refractivity contribution in [1.29, 1.82) is 0 Å². The van der Waals surface area contributed by atoms with Gasteiger partial charge in [0.05, 0.1) is 30.5 Å². The molecule has 1 aliphatic heterocycles. The zero-order chi connectivity index (χ0) is 16.0. The van der Waals surface area contributed by atoms with Crippen molar-refractivity contribution in [2.75, 3.05) is 32.8 Å². The van der Waals surface area contributed by atoms with Gasteiger partial charge in [-0.15, -0.1) is 11.3 Å². The third-order valence-electron chi connectivity index (χ3n) is 4.26. The molecule has 0 aliphatic carbocycles. The van der Waals surface area contributed by atoms with E-state index < -0.39 is 0 Å². The summed E-state index contributed by atoms with van der Waals surface area (Å²) in [4.78, 5) is 18.7. The fourth-order valence-corrected chi connectivity index (χ4v) is 3.17. The number of morpholine rings is 1. The molecule has 2 amide bonds. The molecule has 1 aliphatic rings. The van der Waals surface area contributed by atoms with Gasteiger partial charge < -0.3 is 15.4 Å². The van der Waals surface area contributed by atoms with E-state index in [4.69, 9.17) is 4.74 Å². The number of aromatic nitrogens is 1. The number of amides is 2. The maximum Gasteiger partial charge on any atom is 0.315 e. The monoisotopic (exact) mass is 326 g/mol. The van der Waals surface area contributed by atoms with Crippen LogP contribution in [0.2, 0.25) is 0 Å². The van der Waals surface area contributed by atoms with E-state index in [2.05, 4.69) is 34.4 Å². The summed E-state index contributed by atoms with van der Waals surface area (Å²) in [7, 11) is 0. The average molecular weight is 326 g/mol. The van der Waals surface area contributed by atoms with Gasteiger partial charge in [-0.1, -0.05) is 6.92 Å². The van der Waals surface area contributed by atoms with E-state index in [9.17, 15) is 4.79 Å². The third-order valence-corrected chi connectivity index (χ3v) is 5.08. The molecule has 1 saturated heterocycles. The molecule has 1 fully saturated rings. The van der Waals surface area contributed by atoms with Crippen molar-refractivity contribution in [2.24, 2.45) is 0 Å². The predicted octanol–water partition coefficient (Wildman–Crippen LogP) is 1.75. The molecule has 1 aromatic rings. The SMILES string of the molecule is CCC(C)(CNC(=O)NCc1csc(C)n1)N1CCOCC1. The van der Waals surface area contributed by atoms with Crippen LogP contribution >= 0.6 is 11.3 Å². The van der Waals surface area contributed by atoms with Gasteiger partial charge in [0.25, 0.3) is 0 Å². The lowest BCUT2D eigenvalue weighted by Gasteiger charge is -2.43. The van der Waals surface area contributed by atoms with Crippen LogP contribution in [-0.4, -0.2) is 54.3 Å². The Balaban J connectivity index is 1.77. The Morgan fingerprint density at radius 1 is 1.45 bits per heavy atom. The zero-order valence-electron chi connectivity index (χ0n) is 13.6. The molecule has 0 radical (unpaired) electrons. The number of carbonyl (C=O) groups excluding carboxylic acids is 1. The van der Waals surface area contributed by atoms with E-state index in [1.54, 1.807) is 11.3 Å². The van der Waals surface area contributed by atoms with E-state index in [-0.39, 0.29) is 11.6 Å². The second kappa shape index (κ2) is 7.89. The van der Waals surface area contributed by atoms with Gasteiger partial charge in [-0.25, -0.2) is 9.78 Å². The van der Waals surface area contributed by atoms with Crippen molar-refractivity contribution in [3.05, 3.63) is 16.1 Å². The summed E-state index contributed by atoms with van der Waals surface area (Å²) >= 11 is 1.59. The van der Waals surface area contributed by atoms with Crippen LogP contribution in [0.4, 0.5) is 4.79 Å². The average Bonchev–Trinajstić information content (AvgIpc) is 2.97. The third kappa shape index (κ3) is 4.66. The van der Waals surface area contributed by atoms with Crippen molar-refractivity contribution in [3.63, 3.8) is 0 Å². The minimum Gasteiger partial charge on any atom is -0.379 e. The summed E-state index contributed by atoms with van der Waals surface area (Å²) < 4.78 is 5.41. The number of rotatable bonds is 6. The smallest absolute Gasteiger partial charge is 0.315 e. The molecular formula is C15H26N4O2S. The Hall–Kier alpha value is -1.18. The minimum atomic E-state index is -0.140. The maximum absolute atomic E-state index is 12.0. The molecule has 6 nitrogen and oxygen atoms in total. The van der Waals surface area contributed by atoms with Gasteiger partial charge in [0, 0.05) is 30.6 Å². The van der Waals surface area contributed by atoms with Crippen molar-refractivity contribution in [2.45, 2.75) is 39.3 Å². The lowest BCUT2D eigenvalue weighted by molar-refractivity contribution is -0.0165. The number of urea groups is 1. The minimum absolute atomic E-state index is 0.0294. The first-order valence-corrected chi connectivity index (χ1v) is 8.67. The van der Waals surface area contributed by atoms with E-state index >= 15 is 0 Å². The molecule has 1 unspecified atom stereocenters. The highest BCUT2D eigenvalue weighted by Gasteiger charge is 2.31. The predicted molar refractivity (Wildman–Crippen MR) is 88.2 cm³/mol. The molecule has 2 N–H and O–H groups in total. The Morgan fingerprint density at radius 3 is 2.77 bits per heavy atom. The lowest BCUT2D eigenvalue weighted by Crippen LogP contribution is -2.57. The van der Waals surface area contributed by atoms with E-state index in [0.717, 1.165) is 43.4 Å². The summed E-state index contributed by atoms with van der Waals surface area (Å²) in [6.45, 7) is 10.8. The number of hydrogen-bond donors (Lipinski definition) is 2. The largest absolute Gasteiger partial charge is 0.379 e. The van der Waals surface area contributed by atoms with Crippen LogP contribution in [0, 0.1) is 6.92 Å². The summed E-state index contributed by atoms with van der Waals surface area (Å²) in [5, 5.41) is 8.84. The van der Waals surface area contributed by atoms with Crippen molar-refractivity contribution in [3.8, 4) is 0 Å². The quantitative estimate of drug-likeness (QED) is 0.836. The second-order valence-electron chi connectivity index (χ2n) is 5.84. The first-order valence-electron chi connectivity index (χ1n) is 7.79. The van der Waals surface area contributed by atoms with Crippen molar-refractivity contribution < 1.29 is 9.53 Å². The van der Waals surface area contributed by atoms with Crippen LogP contribution in [0.15, 0.2) is 5.38 Å². The number of nitrogens with one attached hydrogen (secondary N) is 2. The van der Waals surface area contributed by atoms with Gasteiger partial charge in [0.15, 0.2) is 0 Å². The van der Waals surface area contributed by atoms with E-state index in [0.29, 0.717) is 13.1 Å². The molecule has 0 bridgehead atoms. The number of nitrogens with zero attached hydrogens (tertiary/aromatic N) is 2. The lowest BCUT2D eigenvalue weighted by atomic mass is 9.95. The highest BCUT2D eigenvalue weighted by molar-refractivity contribution is 7.09. The molecule has 1 aromatic heterocycles. The molecule has 0 saturated carbocycles. The number of hydrogen-bond acceptors (Lipinski definition) is 5. The highest BCUT2D eigenvalue weighted by Crippen LogP contribution is 2.19. The second-order valence-corrected chi connectivity index (χ2v) is 6.91. The number of thiazole rings is 1. The first-order chi connectivity index (χ1) is 10.5. The Morgan fingerprint density at radius 2 is 2.18 bits per heavy atom. The summed E-state index contributed by atoms with van der Waals surface area (Å²) in [5.74, 6) is 0. The van der Waals surface area contributed by atoms with Crippen LogP contribution in [0.5, 0.6) is 0 Å². The van der Waals surface area contributed by atoms with Crippen molar-refractivity contribution in [1.82, 2.24) is 20.5 Å². The van der Waals surface area contributed by atoms with Gasteiger partial charge in [-0.05, 0) is 20.3 Å². The summed E-state index contributed by atoms with van der Waals surface area (Å²) in [6.07, 6.45) is 0.985. The van der Waals surface area contributed by atoms with Crippen LogP contribution in [-0.2, 0) is 11.3 Å². The summed E-state index contributed by atoms with van der Waals surface area (Å²) in [5.41, 5.74) is 0.877. The van der Waals surface area contributed by atoms with Crippen LogP contribution < -0.4 is 10.6 Å². The van der Waals surface area contributed by atoms with Gasteiger partial charge in [0.1, 0.15) is 0 Å². The molecule has 7 heteroatoms. The maximum atomic E-state index is 12.0. The standard InChI is InChI=1S/C15H26N4O2S/c1-4-15(3,19-5-7-21-8-6-19)11-17-14(20)16-9-13-10-22-12(2)18-13/h10H,4-9,11H2,1-3H3,(H2,16,17,20). The zero-order valence-corrected chi connectivity index (χ0v) is 14.5. The Bertz CT molecular complexity index is 488. The summed E-state index contributed by atoms with van der Waals surface area (Å²) in [6, 6.07) is -0.140. The molecule has 2 heterocycles. The molecule has 124 valence electrons. The van der Waals surface area contributed by atoms with Crippen LogP contribution in [0.1, 0.15) is 31.0 Å². The molecule has 22 heavy (non-hydrogen) atoms. The van der Waals surface area contributed by atoms with E-state index in [1.165, 1.54) is 0 Å². The Labute approximate surface area is 136 Å². The molecule has 0 aromatic carbocycles. The topological polar surface area (TPSA) is 66.5 Å². The Kier molecular flexibility index (Phi) is 6.16.